The molecule has 0 amide bonds. The Morgan fingerprint density at radius 3 is 2.45 bits per heavy atom. The van der Waals surface area contributed by atoms with Gasteiger partial charge in [0.2, 0.25) is 0 Å². The first-order chi connectivity index (χ1) is 14.4. The maximum absolute atomic E-state index is 12.1. The number of ketones is 1. The molecule has 4 aliphatic rings. The summed E-state index contributed by atoms with van der Waals surface area (Å²) in [5.41, 5.74) is 2.13. The van der Waals surface area contributed by atoms with Crippen molar-refractivity contribution in [3.05, 3.63) is 23.8 Å². The minimum atomic E-state index is -1.09. The Hall–Kier alpha value is -0.673. The summed E-state index contributed by atoms with van der Waals surface area (Å²) in [6.07, 6.45) is 14.3. The van der Waals surface area contributed by atoms with Crippen LogP contribution in [0.25, 0.3) is 0 Å². The Labute approximate surface area is 193 Å². The number of fused-ring (bicyclic) bond motifs is 5. The van der Waals surface area contributed by atoms with E-state index in [1.54, 1.807) is 0 Å². The molecule has 3 heteroatoms. The molecule has 0 spiro atoms. The molecule has 0 aliphatic heterocycles. The molecule has 0 aromatic rings. The Morgan fingerprint density at radius 2 is 1.81 bits per heavy atom. The molecule has 0 N–H and O–H groups in total. The van der Waals surface area contributed by atoms with Gasteiger partial charge in [0.05, 0.1) is 6.10 Å². The second-order valence-electron chi connectivity index (χ2n) is 13.2. The van der Waals surface area contributed by atoms with Crippen LogP contribution >= 0.6 is 0 Å². The highest BCUT2D eigenvalue weighted by Gasteiger charge is 2.59. The fourth-order valence-electron chi connectivity index (χ4n) is 8.52. The van der Waals surface area contributed by atoms with Crippen molar-refractivity contribution in [3.8, 4) is 0 Å². The molecule has 1 unspecified atom stereocenters. The van der Waals surface area contributed by atoms with Crippen LogP contribution in [0, 0.1) is 45.8 Å². The van der Waals surface area contributed by atoms with Crippen molar-refractivity contribution in [2.24, 2.45) is 45.8 Å². The minimum Gasteiger partial charge on any atom is -0.417 e. The number of carbonyl (C=O) groups is 1. The molecule has 2 nitrogen and oxygen atoms in total. The molecule has 2 saturated carbocycles. The highest BCUT2D eigenvalue weighted by atomic mass is 28.3. The zero-order valence-corrected chi connectivity index (χ0v) is 22.5. The smallest absolute Gasteiger partial charge is 0.171 e. The van der Waals surface area contributed by atoms with Crippen LogP contribution in [0.5, 0.6) is 0 Å². The summed E-state index contributed by atoms with van der Waals surface area (Å²) >= 11 is 0. The van der Waals surface area contributed by atoms with Crippen LogP contribution in [0.15, 0.2) is 23.8 Å². The molecule has 4 aliphatic carbocycles. The Bertz CT molecular complexity index is 774. The van der Waals surface area contributed by atoms with Gasteiger partial charge in [-0.1, -0.05) is 53.7 Å². The molecular weight excluding hydrogens is 396 g/mol. The van der Waals surface area contributed by atoms with E-state index < -0.39 is 9.04 Å². The van der Waals surface area contributed by atoms with Crippen LogP contribution in [0.3, 0.4) is 0 Å². The predicted octanol–water partition coefficient (Wildman–Crippen LogP) is 6.96. The minimum absolute atomic E-state index is 0.189. The second kappa shape index (κ2) is 7.97. The van der Waals surface area contributed by atoms with Gasteiger partial charge in [0.15, 0.2) is 14.8 Å². The van der Waals surface area contributed by atoms with E-state index in [4.69, 9.17) is 4.43 Å². The summed E-state index contributed by atoms with van der Waals surface area (Å²) in [5, 5.41) is 0. The highest BCUT2D eigenvalue weighted by molar-refractivity contribution is 6.48. The molecule has 8 atom stereocenters. The van der Waals surface area contributed by atoms with E-state index in [0.717, 1.165) is 24.7 Å². The van der Waals surface area contributed by atoms with Gasteiger partial charge in [-0.05, 0) is 103 Å². The lowest BCUT2D eigenvalue weighted by Gasteiger charge is -2.57. The molecule has 2 fully saturated rings. The van der Waals surface area contributed by atoms with E-state index in [9.17, 15) is 4.79 Å². The first-order valence-corrected chi connectivity index (χ1v) is 15.7. The third kappa shape index (κ3) is 3.86. The van der Waals surface area contributed by atoms with Crippen LogP contribution in [0.4, 0.5) is 0 Å². The van der Waals surface area contributed by atoms with Crippen molar-refractivity contribution < 1.29 is 9.22 Å². The number of rotatable bonds is 4. The Morgan fingerprint density at radius 1 is 1.10 bits per heavy atom. The van der Waals surface area contributed by atoms with Crippen LogP contribution in [0.1, 0.15) is 80.1 Å². The van der Waals surface area contributed by atoms with Gasteiger partial charge in [0, 0.05) is 6.42 Å². The van der Waals surface area contributed by atoms with Crippen LogP contribution in [-0.4, -0.2) is 20.9 Å². The van der Waals surface area contributed by atoms with Crippen molar-refractivity contribution in [1.29, 1.82) is 0 Å². The van der Waals surface area contributed by atoms with Gasteiger partial charge in [-0.25, -0.2) is 0 Å². The standard InChI is InChI=1S/C28H46O2Si/c1-18(25(26(2,3)4)30-31(7)8)22-11-12-23-21-10-9-19-17-20(29)13-15-27(19,5)24(21)14-16-28(22,23)6/h9-10,17-18,21-25,31H,11-16H2,1-8H3/t18-,21-,22+,23-,24-,25?,27-,28+/m0/s1. The molecule has 4 rings (SSSR count). The van der Waals surface area contributed by atoms with E-state index >= 15 is 0 Å². The molecule has 0 saturated heterocycles. The molecule has 0 aromatic carbocycles. The number of carbonyl (C=O) groups excluding carboxylic acids is 1. The lowest BCUT2D eigenvalue weighted by Crippen LogP contribution is -2.51. The maximum Gasteiger partial charge on any atom is 0.171 e. The highest BCUT2D eigenvalue weighted by Crippen LogP contribution is 2.66. The monoisotopic (exact) mass is 442 g/mol. The lowest BCUT2D eigenvalue weighted by atomic mass is 9.48. The van der Waals surface area contributed by atoms with Crippen LogP contribution in [-0.2, 0) is 9.22 Å². The van der Waals surface area contributed by atoms with E-state index in [-0.39, 0.29) is 10.8 Å². The van der Waals surface area contributed by atoms with Crippen molar-refractivity contribution in [2.45, 2.75) is 99.3 Å². The summed E-state index contributed by atoms with van der Waals surface area (Å²) in [5.74, 6) is 3.85. The van der Waals surface area contributed by atoms with Gasteiger partial charge < -0.3 is 4.43 Å². The first kappa shape index (κ1) is 23.5. The largest absolute Gasteiger partial charge is 0.417 e. The summed E-state index contributed by atoms with van der Waals surface area (Å²) < 4.78 is 6.70. The van der Waals surface area contributed by atoms with Gasteiger partial charge in [0.1, 0.15) is 0 Å². The fourth-order valence-corrected chi connectivity index (χ4v) is 9.76. The summed E-state index contributed by atoms with van der Waals surface area (Å²) in [4.78, 5) is 12.1. The molecule has 0 bridgehead atoms. The van der Waals surface area contributed by atoms with Crippen molar-refractivity contribution in [3.63, 3.8) is 0 Å². The fraction of sp³-hybridized carbons (Fsp3) is 0.821. The van der Waals surface area contributed by atoms with Crippen LogP contribution in [0.2, 0.25) is 13.1 Å². The number of hydrogen-bond acceptors (Lipinski definition) is 2. The summed E-state index contributed by atoms with van der Waals surface area (Å²) in [6.45, 7) is 19.4. The van der Waals surface area contributed by atoms with Crippen molar-refractivity contribution in [1.82, 2.24) is 0 Å². The van der Waals surface area contributed by atoms with Gasteiger partial charge in [-0.3, -0.25) is 4.79 Å². The van der Waals surface area contributed by atoms with Crippen molar-refractivity contribution >= 4 is 14.8 Å². The van der Waals surface area contributed by atoms with Crippen LogP contribution < -0.4 is 0 Å². The first-order valence-electron chi connectivity index (χ1n) is 13.0. The topological polar surface area (TPSA) is 26.3 Å². The Kier molecular flexibility index (Phi) is 6.04. The molecule has 0 aromatic heterocycles. The average Bonchev–Trinajstić information content (AvgIpc) is 3.02. The molecule has 0 heterocycles. The van der Waals surface area contributed by atoms with Gasteiger partial charge in [0.25, 0.3) is 0 Å². The molecule has 31 heavy (non-hydrogen) atoms. The SMILES string of the molecule is C[C@H](C(O[SiH](C)C)C(C)(C)C)[C@H]1CC[C@H]2[C@@H]3C=CC4=CC(=O)CC[C@]4(C)[C@H]3CC[C@]12C. The molecule has 174 valence electrons. The van der Waals surface area contributed by atoms with E-state index in [0.29, 0.717) is 35.1 Å². The summed E-state index contributed by atoms with van der Waals surface area (Å²) in [6, 6.07) is 0. The average molecular weight is 443 g/mol. The maximum atomic E-state index is 12.1. The Balaban J connectivity index is 1.62. The third-order valence-electron chi connectivity index (χ3n) is 9.97. The van der Waals surface area contributed by atoms with E-state index in [1.165, 1.54) is 31.3 Å². The number of hydrogen-bond donors (Lipinski definition) is 0. The van der Waals surface area contributed by atoms with Gasteiger partial charge >= 0.3 is 0 Å². The number of allylic oxidation sites excluding steroid dienone is 4. The van der Waals surface area contributed by atoms with E-state index in [2.05, 4.69) is 66.8 Å². The van der Waals surface area contributed by atoms with Crippen molar-refractivity contribution in [2.75, 3.05) is 0 Å². The normalized spacial score (nSPS) is 42.0. The quantitative estimate of drug-likeness (QED) is 0.440. The molecule has 0 radical (unpaired) electrons. The second-order valence-corrected chi connectivity index (χ2v) is 15.6. The zero-order chi connectivity index (χ0) is 22.8. The zero-order valence-electron chi connectivity index (χ0n) is 21.3. The van der Waals surface area contributed by atoms with Gasteiger partial charge in [-0.2, -0.15) is 0 Å². The van der Waals surface area contributed by atoms with E-state index in [1.807, 2.05) is 6.08 Å². The predicted molar refractivity (Wildman–Crippen MR) is 132 cm³/mol. The summed E-state index contributed by atoms with van der Waals surface area (Å²) in [7, 11) is -1.09. The third-order valence-corrected chi connectivity index (χ3v) is 10.8. The lowest BCUT2D eigenvalue weighted by molar-refractivity contribution is -0.116. The van der Waals surface area contributed by atoms with Gasteiger partial charge in [-0.15, -0.1) is 0 Å². The molecular formula is C28H46O2Si.